The molecule has 0 aromatic heterocycles. The molecule has 0 amide bonds. The molecule has 0 radical (unpaired) electrons. The van der Waals surface area contributed by atoms with Crippen molar-refractivity contribution in [1.29, 1.82) is 0 Å². The molecule has 0 fully saturated rings. The standard InChI is InChI=1S/C48H36N2/c1-5-14-37(15-6-1)39-24-32-46(33-25-39)50(48-23-13-18-42(36-48)38-16-7-2-8-17-38)47-34-28-41(29-35-47)40-26-30-45(31-27-40)49(43-19-9-3-10-20-43)44-21-11-4-12-22-44/h1-36H/i26D,27D,28D,29D,30D,31D,34D,35D. The fourth-order valence-corrected chi connectivity index (χ4v) is 5.94. The molecule has 8 rings (SSSR count). The third-order valence-corrected chi connectivity index (χ3v) is 8.39. The molecular formula is C48H36N2. The van der Waals surface area contributed by atoms with Gasteiger partial charge in [0.15, 0.2) is 0 Å². The molecule has 0 N–H and O–H groups in total. The zero-order valence-electron chi connectivity index (χ0n) is 35.1. The smallest absolute Gasteiger partial charge is 0.0645 e. The van der Waals surface area contributed by atoms with Crippen LogP contribution >= 0.6 is 0 Å². The van der Waals surface area contributed by atoms with Gasteiger partial charge < -0.3 is 9.80 Å². The lowest BCUT2D eigenvalue weighted by Gasteiger charge is -2.27. The third kappa shape index (κ3) is 6.56. The van der Waals surface area contributed by atoms with Gasteiger partial charge in [-0.25, -0.2) is 0 Å². The van der Waals surface area contributed by atoms with Gasteiger partial charge in [-0.15, -0.1) is 0 Å². The minimum atomic E-state index is -0.488. The zero-order valence-corrected chi connectivity index (χ0v) is 27.1. The van der Waals surface area contributed by atoms with Crippen LogP contribution in [0, 0.1) is 0 Å². The van der Waals surface area contributed by atoms with Crippen molar-refractivity contribution < 1.29 is 11.0 Å². The highest BCUT2D eigenvalue weighted by atomic mass is 15.1. The Labute approximate surface area is 306 Å². The van der Waals surface area contributed by atoms with Crippen LogP contribution in [0.1, 0.15) is 11.0 Å². The molecule has 0 aliphatic carbocycles. The highest BCUT2D eigenvalue weighted by Gasteiger charge is 2.15. The maximum Gasteiger partial charge on any atom is 0.0645 e. The van der Waals surface area contributed by atoms with Gasteiger partial charge >= 0.3 is 0 Å². The van der Waals surface area contributed by atoms with E-state index in [1.54, 1.807) is 9.80 Å². The summed E-state index contributed by atoms with van der Waals surface area (Å²) in [7, 11) is 0. The van der Waals surface area contributed by atoms with Gasteiger partial charge in [0.05, 0.1) is 11.0 Å². The van der Waals surface area contributed by atoms with Crippen molar-refractivity contribution in [1.82, 2.24) is 0 Å². The summed E-state index contributed by atoms with van der Waals surface area (Å²) in [5.41, 5.74) is 5.58. The van der Waals surface area contributed by atoms with Gasteiger partial charge in [-0.2, -0.15) is 0 Å². The molecule has 8 aromatic carbocycles. The maximum absolute atomic E-state index is 9.47. The molecule has 2 heteroatoms. The van der Waals surface area contributed by atoms with Crippen molar-refractivity contribution in [3.05, 3.63) is 218 Å². The summed E-state index contributed by atoms with van der Waals surface area (Å²) in [6, 6.07) is 49.7. The Balaban J connectivity index is 1.32. The summed E-state index contributed by atoms with van der Waals surface area (Å²) in [4.78, 5) is 3.34. The van der Waals surface area contributed by atoms with Crippen molar-refractivity contribution in [3.63, 3.8) is 0 Å². The molecule has 238 valence electrons. The molecule has 0 aliphatic rings. The molecule has 8 aromatic rings. The monoisotopic (exact) mass is 648 g/mol. The van der Waals surface area contributed by atoms with E-state index in [1.165, 1.54) is 0 Å². The number of benzene rings is 8. The second kappa shape index (κ2) is 14.2. The lowest BCUT2D eigenvalue weighted by Crippen LogP contribution is -2.10. The Bertz CT molecular complexity index is 2650. The Morgan fingerprint density at radius 2 is 0.580 bits per heavy atom. The maximum atomic E-state index is 9.47. The largest absolute Gasteiger partial charge is 0.311 e. The lowest BCUT2D eigenvalue weighted by atomic mass is 10.0. The Kier molecular flexibility index (Phi) is 6.50. The molecule has 0 aliphatic heterocycles. The first kappa shape index (κ1) is 22.8. The zero-order chi connectivity index (χ0) is 40.5. The summed E-state index contributed by atoms with van der Waals surface area (Å²) < 4.78 is 74.7. The first-order valence-corrected chi connectivity index (χ1v) is 16.4. The predicted molar refractivity (Wildman–Crippen MR) is 212 cm³/mol. The van der Waals surface area contributed by atoms with Crippen LogP contribution in [0.3, 0.4) is 0 Å². The van der Waals surface area contributed by atoms with Crippen LogP contribution in [0.4, 0.5) is 34.1 Å². The summed E-state index contributed by atoms with van der Waals surface area (Å²) in [5, 5.41) is 0. The summed E-state index contributed by atoms with van der Waals surface area (Å²) in [6.07, 6.45) is 0. The van der Waals surface area contributed by atoms with Gasteiger partial charge in [0, 0.05) is 34.1 Å². The van der Waals surface area contributed by atoms with E-state index < -0.39 is 36.3 Å². The fraction of sp³-hybridized carbons (Fsp3) is 0. The van der Waals surface area contributed by atoms with Crippen molar-refractivity contribution >= 4 is 34.1 Å². The molecule has 0 atom stereocenters. The number of anilines is 6. The number of hydrogen-bond donors (Lipinski definition) is 0. The highest BCUT2D eigenvalue weighted by molar-refractivity contribution is 5.83. The summed E-state index contributed by atoms with van der Waals surface area (Å²) >= 11 is 0. The van der Waals surface area contributed by atoms with Crippen molar-refractivity contribution in [2.24, 2.45) is 0 Å². The average Bonchev–Trinajstić information content (AvgIpc) is 3.27. The Morgan fingerprint density at radius 3 is 1.06 bits per heavy atom. The lowest BCUT2D eigenvalue weighted by molar-refractivity contribution is 1.28. The Hall–Kier alpha value is -6.64. The van der Waals surface area contributed by atoms with Crippen LogP contribution in [-0.4, -0.2) is 0 Å². The minimum absolute atomic E-state index is 0.00792. The van der Waals surface area contributed by atoms with Gasteiger partial charge in [0.25, 0.3) is 0 Å². The summed E-state index contributed by atoms with van der Waals surface area (Å²) in [6.45, 7) is 0. The van der Waals surface area contributed by atoms with E-state index in [1.807, 2.05) is 170 Å². The van der Waals surface area contributed by atoms with E-state index in [-0.39, 0.29) is 34.6 Å². The quantitative estimate of drug-likeness (QED) is 0.154. The molecule has 0 unspecified atom stereocenters. The normalized spacial score (nSPS) is 13.0. The number of hydrogen-bond acceptors (Lipinski definition) is 2. The molecule has 50 heavy (non-hydrogen) atoms. The van der Waals surface area contributed by atoms with Crippen molar-refractivity contribution in [2.45, 2.75) is 0 Å². The van der Waals surface area contributed by atoms with Crippen LogP contribution in [0.15, 0.2) is 218 Å². The SMILES string of the molecule is [2H]c1c([2H])c(N(c2ccccc2)c2ccccc2)c([2H])c([2H])c1-c1c([2H])c([2H])c(N(c2ccc(-c3ccccc3)cc2)c2cccc(-c3ccccc3)c2)c([2H])c1[2H]. The molecule has 2 nitrogen and oxygen atoms in total. The van der Waals surface area contributed by atoms with Gasteiger partial charge in [0.2, 0.25) is 0 Å². The molecule has 0 heterocycles. The predicted octanol–water partition coefficient (Wildman–Crippen LogP) is 13.6. The van der Waals surface area contributed by atoms with E-state index in [4.69, 9.17) is 0 Å². The minimum Gasteiger partial charge on any atom is -0.311 e. The first-order valence-electron chi connectivity index (χ1n) is 20.4. The van der Waals surface area contributed by atoms with E-state index in [0.717, 1.165) is 22.3 Å². The van der Waals surface area contributed by atoms with Crippen LogP contribution in [0.25, 0.3) is 33.4 Å². The van der Waals surface area contributed by atoms with Crippen molar-refractivity contribution in [3.8, 4) is 33.4 Å². The third-order valence-electron chi connectivity index (χ3n) is 8.39. The second-order valence-electron chi connectivity index (χ2n) is 11.6. The average molecular weight is 649 g/mol. The summed E-state index contributed by atoms with van der Waals surface area (Å²) in [5.74, 6) is 0. The van der Waals surface area contributed by atoms with Crippen LogP contribution in [0.2, 0.25) is 0 Å². The highest BCUT2D eigenvalue weighted by Crippen LogP contribution is 2.39. The number of para-hydroxylation sites is 2. The Morgan fingerprint density at radius 1 is 0.240 bits per heavy atom. The second-order valence-corrected chi connectivity index (χ2v) is 11.6. The molecule has 0 saturated carbocycles. The molecular weight excluding hydrogens is 605 g/mol. The van der Waals surface area contributed by atoms with Crippen LogP contribution < -0.4 is 9.80 Å². The van der Waals surface area contributed by atoms with E-state index in [9.17, 15) is 11.0 Å². The fourth-order valence-electron chi connectivity index (χ4n) is 5.94. The van der Waals surface area contributed by atoms with Gasteiger partial charge in [-0.3, -0.25) is 0 Å². The topological polar surface area (TPSA) is 6.48 Å². The van der Waals surface area contributed by atoms with E-state index >= 15 is 0 Å². The molecule has 0 bridgehead atoms. The van der Waals surface area contributed by atoms with Crippen LogP contribution in [-0.2, 0) is 0 Å². The van der Waals surface area contributed by atoms with Gasteiger partial charge in [0.1, 0.15) is 0 Å². The number of nitrogens with zero attached hydrogens (tertiary/aromatic N) is 2. The van der Waals surface area contributed by atoms with E-state index in [2.05, 4.69) is 0 Å². The van der Waals surface area contributed by atoms with Crippen molar-refractivity contribution in [2.75, 3.05) is 9.80 Å². The van der Waals surface area contributed by atoms with Gasteiger partial charge in [-0.1, -0.05) is 145 Å². The molecule has 0 spiro atoms. The number of rotatable bonds is 9. The van der Waals surface area contributed by atoms with Gasteiger partial charge in [-0.05, 0) is 106 Å². The van der Waals surface area contributed by atoms with Crippen LogP contribution in [0.5, 0.6) is 0 Å². The van der Waals surface area contributed by atoms with E-state index in [0.29, 0.717) is 22.7 Å². The molecule has 0 saturated heterocycles. The first-order chi connectivity index (χ1) is 28.2.